The molecule has 18 heavy (non-hydrogen) atoms. The Hall–Kier alpha value is -0.680. The zero-order chi connectivity index (χ0) is 13.2. The van der Waals surface area contributed by atoms with E-state index in [1.807, 2.05) is 0 Å². The molecule has 1 rings (SSSR count). The van der Waals surface area contributed by atoms with Crippen molar-refractivity contribution in [1.29, 1.82) is 0 Å². The number of rotatable bonds is 9. The van der Waals surface area contributed by atoms with E-state index in [0.717, 1.165) is 13.0 Å². The Morgan fingerprint density at radius 2 is 2.11 bits per heavy atom. The molecule has 1 aromatic rings. The number of hydrogen-bond acceptors (Lipinski definition) is 3. The van der Waals surface area contributed by atoms with Crippen LogP contribution in [-0.2, 0) is 16.0 Å². The van der Waals surface area contributed by atoms with Crippen LogP contribution >= 0.6 is 11.6 Å². The van der Waals surface area contributed by atoms with Gasteiger partial charge in [-0.1, -0.05) is 17.7 Å². The van der Waals surface area contributed by atoms with Gasteiger partial charge in [0.05, 0.1) is 13.2 Å². The Labute approximate surface area is 112 Å². The van der Waals surface area contributed by atoms with Gasteiger partial charge in [-0.15, -0.1) is 0 Å². The van der Waals surface area contributed by atoms with E-state index in [2.05, 4.69) is 5.32 Å². The van der Waals surface area contributed by atoms with E-state index in [9.17, 15) is 4.39 Å². The maximum absolute atomic E-state index is 13.4. The smallest absolute Gasteiger partial charge is 0.129 e. The van der Waals surface area contributed by atoms with E-state index >= 15 is 0 Å². The summed E-state index contributed by atoms with van der Waals surface area (Å²) < 4.78 is 23.6. The third kappa shape index (κ3) is 6.31. The Balaban J connectivity index is 2.07. The van der Waals surface area contributed by atoms with E-state index in [1.165, 1.54) is 6.07 Å². The van der Waals surface area contributed by atoms with Crippen molar-refractivity contribution in [3.8, 4) is 0 Å². The molecule has 0 amide bonds. The molecule has 1 N–H and O–H groups in total. The van der Waals surface area contributed by atoms with Crippen molar-refractivity contribution in [2.45, 2.75) is 13.0 Å². The fraction of sp³-hybridized carbons (Fsp3) is 0.538. The van der Waals surface area contributed by atoms with Crippen molar-refractivity contribution in [2.24, 2.45) is 0 Å². The molecule has 0 heterocycles. The van der Waals surface area contributed by atoms with E-state index < -0.39 is 0 Å². The van der Waals surface area contributed by atoms with Crippen LogP contribution in [0.25, 0.3) is 0 Å². The third-order valence-electron chi connectivity index (χ3n) is 2.40. The zero-order valence-corrected chi connectivity index (χ0v) is 11.3. The summed E-state index contributed by atoms with van der Waals surface area (Å²) in [7, 11) is 1.64. The summed E-state index contributed by atoms with van der Waals surface area (Å²) in [6, 6.07) is 4.71. The van der Waals surface area contributed by atoms with Gasteiger partial charge in [0, 0.05) is 30.8 Å². The van der Waals surface area contributed by atoms with Crippen LogP contribution in [0.2, 0.25) is 5.02 Å². The average molecular weight is 276 g/mol. The SMILES string of the molecule is COCCOCCCNCc1ccc(Cl)cc1F. The molecule has 0 atom stereocenters. The summed E-state index contributed by atoms with van der Waals surface area (Å²) in [6.07, 6.45) is 0.888. The van der Waals surface area contributed by atoms with Gasteiger partial charge in [0.2, 0.25) is 0 Å². The number of hydrogen-bond donors (Lipinski definition) is 1. The van der Waals surface area contributed by atoms with Crippen LogP contribution in [0.15, 0.2) is 18.2 Å². The molecule has 0 aromatic heterocycles. The van der Waals surface area contributed by atoms with Crippen LogP contribution in [0.1, 0.15) is 12.0 Å². The lowest BCUT2D eigenvalue weighted by Gasteiger charge is -2.07. The standard InChI is InChI=1S/C13H19ClFNO2/c1-17-7-8-18-6-2-5-16-10-11-3-4-12(14)9-13(11)15/h3-4,9,16H,2,5-8,10H2,1H3. The molecule has 0 bridgehead atoms. The number of ether oxygens (including phenoxy) is 2. The second-order valence-corrected chi connectivity index (χ2v) is 4.31. The topological polar surface area (TPSA) is 30.5 Å². The first-order chi connectivity index (χ1) is 8.74. The highest BCUT2D eigenvalue weighted by Crippen LogP contribution is 2.14. The molecule has 0 fully saturated rings. The first-order valence-electron chi connectivity index (χ1n) is 5.95. The third-order valence-corrected chi connectivity index (χ3v) is 2.64. The monoisotopic (exact) mass is 275 g/mol. The van der Waals surface area contributed by atoms with Gasteiger partial charge in [-0.05, 0) is 25.1 Å². The van der Waals surface area contributed by atoms with Gasteiger partial charge in [-0.25, -0.2) is 4.39 Å². The highest BCUT2D eigenvalue weighted by molar-refractivity contribution is 6.30. The molecule has 1 aromatic carbocycles. The molecule has 0 spiro atoms. The Kier molecular flexibility index (Phi) is 7.93. The van der Waals surface area contributed by atoms with Crippen LogP contribution in [0.3, 0.4) is 0 Å². The lowest BCUT2D eigenvalue weighted by molar-refractivity contribution is 0.0694. The molecule has 0 unspecified atom stereocenters. The van der Waals surface area contributed by atoms with Gasteiger partial charge in [0.25, 0.3) is 0 Å². The normalized spacial score (nSPS) is 10.8. The first-order valence-corrected chi connectivity index (χ1v) is 6.33. The van der Waals surface area contributed by atoms with Crippen LogP contribution in [0.4, 0.5) is 4.39 Å². The number of nitrogens with one attached hydrogen (secondary N) is 1. The Morgan fingerprint density at radius 3 is 2.83 bits per heavy atom. The maximum atomic E-state index is 13.4. The summed E-state index contributed by atoms with van der Waals surface area (Å²) in [5.74, 6) is -0.272. The molecular weight excluding hydrogens is 257 g/mol. The van der Waals surface area contributed by atoms with Gasteiger partial charge >= 0.3 is 0 Å². The molecule has 5 heteroatoms. The van der Waals surface area contributed by atoms with Crippen molar-refractivity contribution in [3.05, 3.63) is 34.6 Å². The molecule has 0 aliphatic rings. The quantitative estimate of drug-likeness (QED) is 0.703. The van der Waals surface area contributed by atoms with Crippen molar-refractivity contribution in [1.82, 2.24) is 5.32 Å². The van der Waals surface area contributed by atoms with Crippen LogP contribution in [-0.4, -0.2) is 33.5 Å². The van der Waals surface area contributed by atoms with E-state index in [1.54, 1.807) is 19.2 Å². The summed E-state index contributed by atoms with van der Waals surface area (Å²) >= 11 is 5.67. The van der Waals surface area contributed by atoms with Crippen LogP contribution in [0.5, 0.6) is 0 Å². The fourth-order valence-electron chi connectivity index (χ4n) is 1.43. The zero-order valence-electron chi connectivity index (χ0n) is 10.5. The summed E-state index contributed by atoms with van der Waals surface area (Å²) in [4.78, 5) is 0. The molecule has 0 saturated heterocycles. The number of benzene rings is 1. The Bertz CT molecular complexity index is 350. The minimum atomic E-state index is -0.272. The van der Waals surface area contributed by atoms with Gasteiger partial charge in [-0.3, -0.25) is 0 Å². The van der Waals surface area contributed by atoms with E-state index in [0.29, 0.717) is 37.0 Å². The predicted octanol–water partition coefficient (Wildman–Crippen LogP) is 2.62. The molecule has 102 valence electrons. The molecular formula is C13H19ClFNO2. The van der Waals surface area contributed by atoms with E-state index in [4.69, 9.17) is 21.1 Å². The summed E-state index contributed by atoms with van der Waals surface area (Å²) in [5.41, 5.74) is 0.625. The number of methoxy groups -OCH3 is 1. The molecule has 0 aliphatic carbocycles. The molecule has 0 saturated carbocycles. The van der Waals surface area contributed by atoms with Crippen molar-refractivity contribution in [2.75, 3.05) is 33.5 Å². The maximum Gasteiger partial charge on any atom is 0.129 e. The van der Waals surface area contributed by atoms with E-state index in [-0.39, 0.29) is 5.82 Å². The minimum Gasteiger partial charge on any atom is -0.382 e. The highest BCUT2D eigenvalue weighted by Gasteiger charge is 2.01. The van der Waals surface area contributed by atoms with Crippen LogP contribution in [0, 0.1) is 5.82 Å². The second-order valence-electron chi connectivity index (χ2n) is 3.87. The van der Waals surface area contributed by atoms with Crippen molar-refractivity contribution in [3.63, 3.8) is 0 Å². The van der Waals surface area contributed by atoms with Crippen LogP contribution < -0.4 is 5.32 Å². The largest absolute Gasteiger partial charge is 0.382 e. The van der Waals surface area contributed by atoms with Gasteiger partial charge < -0.3 is 14.8 Å². The second kappa shape index (κ2) is 9.28. The number of halogens is 2. The Morgan fingerprint density at radius 1 is 1.28 bits per heavy atom. The first kappa shape index (κ1) is 15.4. The highest BCUT2D eigenvalue weighted by atomic mass is 35.5. The lowest BCUT2D eigenvalue weighted by Crippen LogP contribution is -2.17. The fourth-order valence-corrected chi connectivity index (χ4v) is 1.59. The summed E-state index contributed by atoms with van der Waals surface area (Å²) in [5, 5.41) is 3.58. The van der Waals surface area contributed by atoms with Gasteiger partial charge in [0.15, 0.2) is 0 Å². The summed E-state index contributed by atoms with van der Waals surface area (Å²) in [6.45, 7) is 3.20. The minimum absolute atomic E-state index is 0.272. The average Bonchev–Trinajstić information content (AvgIpc) is 2.35. The molecule has 0 aliphatic heterocycles. The predicted molar refractivity (Wildman–Crippen MR) is 70.4 cm³/mol. The lowest BCUT2D eigenvalue weighted by atomic mass is 10.2. The van der Waals surface area contributed by atoms with Gasteiger partial charge in [0.1, 0.15) is 5.82 Å². The molecule has 3 nitrogen and oxygen atoms in total. The van der Waals surface area contributed by atoms with Crippen molar-refractivity contribution < 1.29 is 13.9 Å². The van der Waals surface area contributed by atoms with Gasteiger partial charge in [-0.2, -0.15) is 0 Å². The molecule has 0 radical (unpaired) electrons. The van der Waals surface area contributed by atoms with Crippen molar-refractivity contribution >= 4 is 11.6 Å².